The quantitative estimate of drug-likeness (QED) is 0.0204. The van der Waals surface area contributed by atoms with Gasteiger partial charge in [-0.05, 0) is 64.2 Å². The van der Waals surface area contributed by atoms with Gasteiger partial charge in [0.05, 0.1) is 32.0 Å². The molecule has 2 aliphatic rings. The molecule has 14 nitrogen and oxygen atoms in total. The molecule has 9 N–H and O–H groups in total. The van der Waals surface area contributed by atoms with Crippen molar-refractivity contribution >= 4 is 5.91 Å². The first-order chi connectivity index (χ1) is 49.1. The van der Waals surface area contributed by atoms with Crippen LogP contribution in [0.5, 0.6) is 0 Å². The first kappa shape index (κ1) is 93.5. The number of carbonyl (C=O) groups excluding carboxylic acids is 1. The van der Waals surface area contributed by atoms with Gasteiger partial charge in [-0.25, -0.2) is 0 Å². The van der Waals surface area contributed by atoms with Gasteiger partial charge in [0.2, 0.25) is 5.91 Å². The lowest BCUT2D eigenvalue weighted by Gasteiger charge is -2.46. The Balaban J connectivity index is 1.56. The molecule has 0 aromatic carbocycles. The molecule has 2 saturated heterocycles. The number of aliphatic hydroxyl groups excluding tert-OH is 8. The van der Waals surface area contributed by atoms with Crippen molar-refractivity contribution in [2.45, 2.75) is 447 Å². The highest BCUT2D eigenvalue weighted by atomic mass is 16.7. The Bertz CT molecular complexity index is 1960. The molecular weight excluding hydrogens is 1250 g/mol. The van der Waals surface area contributed by atoms with E-state index in [-0.39, 0.29) is 12.5 Å². The predicted octanol–water partition coefficient (Wildman–Crippen LogP) is 19.7. The van der Waals surface area contributed by atoms with Crippen LogP contribution < -0.4 is 5.32 Å². The molecule has 0 aromatic heterocycles. The van der Waals surface area contributed by atoms with E-state index in [0.29, 0.717) is 12.8 Å². The largest absolute Gasteiger partial charge is 0.394 e. The second kappa shape index (κ2) is 69.5. The van der Waals surface area contributed by atoms with Crippen molar-refractivity contribution in [1.82, 2.24) is 5.32 Å². The van der Waals surface area contributed by atoms with Gasteiger partial charge in [-0.2, -0.15) is 0 Å². The summed E-state index contributed by atoms with van der Waals surface area (Å²) in [6.07, 6.45) is 79.5. The summed E-state index contributed by atoms with van der Waals surface area (Å²) in [6.45, 7) is 2.81. The average molecular weight is 1410 g/mol. The Morgan fingerprint density at radius 2 is 0.690 bits per heavy atom. The summed E-state index contributed by atoms with van der Waals surface area (Å²) in [5.74, 6) is -0.199. The lowest BCUT2D eigenvalue weighted by molar-refractivity contribution is -0.359. The minimum absolute atomic E-state index is 0.199. The molecular formula is C86H157NO13. The molecule has 14 heteroatoms. The van der Waals surface area contributed by atoms with Crippen molar-refractivity contribution in [3.05, 3.63) is 72.9 Å². The summed E-state index contributed by atoms with van der Waals surface area (Å²) in [6, 6.07) is -0.831. The van der Waals surface area contributed by atoms with Gasteiger partial charge in [-0.3, -0.25) is 4.79 Å². The number of aliphatic hydroxyl groups is 8. The highest BCUT2D eigenvalue weighted by molar-refractivity contribution is 5.76. The van der Waals surface area contributed by atoms with E-state index in [2.05, 4.69) is 92.1 Å². The van der Waals surface area contributed by atoms with Crippen molar-refractivity contribution in [2.24, 2.45) is 0 Å². The van der Waals surface area contributed by atoms with E-state index >= 15 is 0 Å². The molecule has 0 aromatic rings. The van der Waals surface area contributed by atoms with E-state index in [4.69, 9.17) is 18.9 Å². The van der Waals surface area contributed by atoms with Crippen molar-refractivity contribution in [2.75, 3.05) is 19.8 Å². The maximum atomic E-state index is 13.4. The number of rotatable bonds is 71. The molecule has 1 amide bonds. The maximum absolute atomic E-state index is 13.4. The maximum Gasteiger partial charge on any atom is 0.220 e. The van der Waals surface area contributed by atoms with E-state index in [0.717, 1.165) is 89.9 Å². The molecule has 0 saturated carbocycles. The smallest absolute Gasteiger partial charge is 0.220 e. The molecule has 584 valence electrons. The van der Waals surface area contributed by atoms with Crippen LogP contribution in [0.15, 0.2) is 72.9 Å². The van der Waals surface area contributed by atoms with Crippen LogP contribution >= 0.6 is 0 Å². The minimum Gasteiger partial charge on any atom is -0.394 e. The number of hydrogen-bond donors (Lipinski definition) is 9. The highest BCUT2D eigenvalue weighted by Crippen LogP contribution is 2.31. The Hall–Kier alpha value is -2.57. The number of hydrogen-bond acceptors (Lipinski definition) is 13. The van der Waals surface area contributed by atoms with Crippen LogP contribution in [0, 0.1) is 0 Å². The minimum atomic E-state index is -1.78. The first-order valence-electron chi connectivity index (χ1n) is 42.2. The number of allylic oxidation sites excluding steroid dienone is 12. The van der Waals surface area contributed by atoms with Gasteiger partial charge >= 0.3 is 0 Å². The zero-order chi connectivity index (χ0) is 72.2. The van der Waals surface area contributed by atoms with Gasteiger partial charge < -0.3 is 65.1 Å². The van der Waals surface area contributed by atoms with Gasteiger partial charge in [-0.15, -0.1) is 0 Å². The Labute approximate surface area is 612 Å². The first-order valence-corrected chi connectivity index (χ1v) is 42.2. The van der Waals surface area contributed by atoms with Crippen LogP contribution in [-0.4, -0.2) is 140 Å². The van der Waals surface area contributed by atoms with Crippen LogP contribution in [0.25, 0.3) is 0 Å². The number of unbranched alkanes of at least 4 members (excludes halogenated alkanes) is 46. The number of nitrogens with one attached hydrogen (secondary N) is 1. The lowest BCUT2D eigenvalue weighted by Crippen LogP contribution is -2.65. The van der Waals surface area contributed by atoms with Crippen molar-refractivity contribution in [3.63, 3.8) is 0 Å². The zero-order valence-corrected chi connectivity index (χ0v) is 64.2. The molecule has 2 aliphatic heterocycles. The topological polar surface area (TPSA) is 228 Å². The highest BCUT2D eigenvalue weighted by Gasteiger charge is 2.51. The van der Waals surface area contributed by atoms with Gasteiger partial charge in [0.1, 0.15) is 48.8 Å². The van der Waals surface area contributed by atoms with E-state index in [1.54, 1.807) is 0 Å². The van der Waals surface area contributed by atoms with Gasteiger partial charge in [0.25, 0.3) is 0 Å². The fourth-order valence-corrected chi connectivity index (χ4v) is 13.8. The van der Waals surface area contributed by atoms with Crippen molar-refractivity contribution in [1.29, 1.82) is 0 Å². The van der Waals surface area contributed by atoms with Crippen molar-refractivity contribution < 1.29 is 64.6 Å². The number of amides is 1. The molecule has 100 heavy (non-hydrogen) atoms. The Morgan fingerprint density at radius 3 is 1.06 bits per heavy atom. The van der Waals surface area contributed by atoms with Gasteiger partial charge in [0.15, 0.2) is 12.6 Å². The molecule has 0 bridgehead atoms. The molecule has 0 radical (unpaired) electrons. The summed E-state index contributed by atoms with van der Waals surface area (Å²) in [7, 11) is 0. The monoisotopic (exact) mass is 1410 g/mol. The average Bonchev–Trinajstić information content (AvgIpc) is 0.791. The van der Waals surface area contributed by atoms with Crippen molar-refractivity contribution in [3.8, 4) is 0 Å². The lowest BCUT2D eigenvalue weighted by atomic mass is 9.97. The fraction of sp³-hybridized carbons (Fsp3) is 0.849. The molecule has 2 heterocycles. The van der Waals surface area contributed by atoms with E-state index in [9.17, 15) is 45.6 Å². The third kappa shape index (κ3) is 51.6. The molecule has 2 rings (SSSR count). The molecule has 0 spiro atoms. The van der Waals surface area contributed by atoms with Crippen LogP contribution in [0.4, 0.5) is 0 Å². The van der Waals surface area contributed by atoms with Crippen LogP contribution in [0.2, 0.25) is 0 Å². The molecule has 0 aliphatic carbocycles. The van der Waals surface area contributed by atoms with Crippen LogP contribution in [0.1, 0.15) is 373 Å². The van der Waals surface area contributed by atoms with E-state index in [1.165, 1.54) is 257 Å². The number of ether oxygens (including phenoxy) is 4. The van der Waals surface area contributed by atoms with E-state index in [1.807, 2.05) is 0 Å². The van der Waals surface area contributed by atoms with Crippen LogP contribution in [0.3, 0.4) is 0 Å². The molecule has 12 atom stereocenters. The Morgan fingerprint density at radius 1 is 0.370 bits per heavy atom. The Kier molecular flexibility index (Phi) is 65.0. The number of carbonyl (C=O) groups is 1. The predicted molar refractivity (Wildman–Crippen MR) is 415 cm³/mol. The molecule has 12 unspecified atom stereocenters. The summed E-state index contributed by atoms with van der Waals surface area (Å²) >= 11 is 0. The summed E-state index contributed by atoms with van der Waals surface area (Å²) < 4.78 is 23.0. The van der Waals surface area contributed by atoms with Crippen LogP contribution in [-0.2, 0) is 23.7 Å². The fourth-order valence-electron chi connectivity index (χ4n) is 13.8. The second-order valence-electron chi connectivity index (χ2n) is 29.6. The molecule has 2 fully saturated rings. The standard InChI is InChI=1S/C86H157NO13/c1-3-5-7-9-11-13-15-17-19-21-23-25-27-29-30-31-32-33-34-35-36-37-38-39-40-41-42-43-44-46-48-50-52-54-56-58-60-62-64-66-68-70-78(91)87-74(73-97-85-83(96)81(94)84(77(72-89)99-85)100-86-82(95)80(93)79(92)76(71-88)98-86)75(90)69-67-65-63-61-59-57-55-53-51-49-47-45-28-26-24-22-20-18-16-14-12-10-8-6-4-2/h5,7,11,13,17,19,23,25,29-30,32-33,74-77,79-86,88-90,92-96H,3-4,6,8-10,12,14-16,18,20-22,24,26-28,31,34-73H2,1-2H3,(H,87,91)/b7-5-,13-11-,19-17-,25-23-,30-29-,33-32-. The third-order valence-electron chi connectivity index (χ3n) is 20.4. The summed E-state index contributed by atoms with van der Waals surface area (Å²) in [5, 5.41) is 87.9. The summed E-state index contributed by atoms with van der Waals surface area (Å²) in [5.41, 5.74) is 0. The van der Waals surface area contributed by atoms with Gasteiger partial charge in [0, 0.05) is 6.42 Å². The summed E-state index contributed by atoms with van der Waals surface area (Å²) in [4.78, 5) is 13.4. The normalized spacial score (nSPS) is 22.2. The van der Waals surface area contributed by atoms with E-state index < -0.39 is 86.8 Å². The van der Waals surface area contributed by atoms with Gasteiger partial charge in [-0.1, -0.05) is 376 Å². The third-order valence-corrected chi connectivity index (χ3v) is 20.4. The second-order valence-corrected chi connectivity index (χ2v) is 29.6. The SMILES string of the molecule is CC/C=C\C/C=C\C/C=C\C/C=C\C/C=C\C/C=C\CCCCCCCCCCCCCCCCCCCCCCCCC(=O)NC(COC1OC(CO)C(OC2OC(CO)C(O)C(O)C2O)C(O)C1O)C(O)CCCCCCCCCCCCCCCCCCCCCCCCCCC. The zero-order valence-electron chi connectivity index (χ0n) is 64.2.